The molecule has 0 aromatic carbocycles. The molecule has 1 aromatic rings. The van der Waals surface area contributed by atoms with E-state index in [2.05, 4.69) is 4.98 Å². The van der Waals surface area contributed by atoms with Crippen LogP contribution in [-0.2, 0) is 0 Å². The van der Waals surface area contributed by atoms with Crippen LogP contribution in [0.4, 0.5) is 0 Å². The van der Waals surface area contributed by atoms with E-state index in [4.69, 9.17) is 17.1 Å². The minimum Gasteiger partial charge on any atom is -0.240 e. The van der Waals surface area contributed by atoms with Crippen molar-refractivity contribution in [2.75, 3.05) is 13.3 Å². The topological polar surface area (TPSA) is 38.9 Å². The molecular weight excluding hydrogens is 179 g/mol. The van der Waals surface area contributed by atoms with Gasteiger partial charge in [-0.25, -0.2) is 10.5 Å². The van der Waals surface area contributed by atoms with Crippen LogP contribution in [0.5, 0.6) is 0 Å². The minimum atomic E-state index is -1.41. The number of halogens is 1. The van der Waals surface area contributed by atoms with Crippen LogP contribution in [0.2, 0.25) is 5.15 Å². The van der Waals surface area contributed by atoms with Crippen molar-refractivity contribution in [3.05, 3.63) is 23.5 Å². The standard InChI is InChI=1S/C7H11ClN2P/c1-11(2,9)6-3-4-7(8)10-5-6/h3-5H,9H2,1-2H3/q+1. The van der Waals surface area contributed by atoms with Crippen LogP contribution in [0.3, 0.4) is 0 Å². The summed E-state index contributed by atoms with van der Waals surface area (Å²) in [6.45, 7) is 4.08. The van der Waals surface area contributed by atoms with Gasteiger partial charge in [-0.3, -0.25) is 0 Å². The Balaban J connectivity index is 2.99. The first-order valence-corrected chi connectivity index (χ1v) is 6.38. The van der Waals surface area contributed by atoms with E-state index < -0.39 is 7.41 Å². The smallest absolute Gasteiger partial charge is 0.129 e. The molecule has 0 saturated carbocycles. The minimum absolute atomic E-state index is 0.516. The lowest BCUT2D eigenvalue weighted by atomic mass is 10.5. The largest absolute Gasteiger partial charge is 0.240 e. The van der Waals surface area contributed by atoms with Gasteiger partial charge in [0, 0.05) is 0 Å². The fraction of sp³-hybridized carbons (Fsp3) is 0.286. The number of nitrogens with zero attached hydrogens (tertiary/aromatic N) is 1. The van der Waals surface area contributed by atoms with Gasteiger partial charge in [-0.2, -0.15) is 0 Å². The third kappa shape index (κ3) is 2.41. The summed E-state index contributed by atoms with van der Waals surface area (Å²) in [6, 6.07) is 3.70. The maximum absolute atomic E-state index is 5.93. The highest BCUT2D eigenvalue weighted by atomic mass is 35.5. The molecule has 1 heterocycles. The Morgan fingerprint density at radius 3 is 2.45 bits per heavy atom. The van der Waals surface area contributed by atoms with Crippen LogP contribution >= 0.6 is 19.0 Å². The van der Waals surface area contributed by atoms with Gasteiger partial charge in [0.2, 0.25) is 0 Å². The molecule has 0 radical (unpaired) electrons. The van der Waals surface area contributed by atoms with Crippen LogP contribution in [0, 0.1) is 0 Å². The zero-order chi connectivity index (χ0) is 8.48. The van der Waals surface area contributed by atoms with E-state index in [1.165, 1.54) is 0 Å². The summed E-state index contributed by atoms with van der Waals surface area (Å²) in [5, 5.41) is 1.61. The van der Waals surface area contributed by atoms with Crippen molar-refractivity contribution in [2.24, 2.45) is 5.50 Å². The molecular formula is C7H11ClN2P+. The lowest BCUT2D eigenvalue weighted by Gasteiger charge is -2.09. The fourth-order valence-corrected chi connectivity index (χ4v) is 1.63. The average Bonchev–Trinajstić information content (AvgIpc) is 1.86. The highest BCUT2D eigenvalue weighted by molar-refractivity contribution is 7.79. The van der Waals surface area contributed by atoms with Crippen molar-refractivity contribution >= 4 is 24.3 Å². The molecule has 0 saturated heterocycles. The quantitative estimate of drug-likeness (QED) is 0.537. The molecule has 0 aliphatic rings. The Morgan fingerprint density at radius 2 is 2.09 bits per heavy atom. The number of hydrogen-bond donors (Lipinski definition) is 1. The van der Waals surface area contributed by atoms with Crippen molar-refractivity contribution in [3.8, 4) is 0 Å². The molecule has 0 fully saturated rings. The van der Waals surface area contributed by atoms with E-state index in [9.17, 15) is 0 Å². The molecule has 2 nitrogen and oxygen atoms in total. The zero-order valence-electron chi connectivity index (χ0n) is 6.58. The first-order valence-electron chi connectivity index (χ1n) is 3.25. The Morgan fingerprint density at radius 1 is 1.45 bits per heavy atom. The second-order valence-electron chi connectivity index (χ2n) is 2.88. The van der Waals surface area contributed by atoms with Crippen molar-refractivity contribution < 1.29 is 0 Å². The van der Waals surface area contributed by atoms with E-state index in [1.807, 2.05) is 19.4 Å². The van der Waals surface area contributed by atoms with E-state index in [0.29, 0.717) is 5.15 Å². The average molecular weight is 190 g/mol. The summed E-state index contributed by atoms with van der Waals surface area (Å²) in [6.07, 6.45) is 1.75. The second kappa shape index (κ2) is 3.06. The molecule has 0 atom stereocenters. The molecule has 2 N–H and O–H groups in total. The van der Waals surface area contributed by atoms with E-state index in [1.54, 1.807) is 12.3 Å². The number of nitrogens with two attached hydrogens (primary N) is 1. The highest BCUT2D eigenvalue weighted by Crippen LogP contribution is 2.39. The van der Waals surface area contributed by atoms with Gasteiger partial charge in [-0.15, -0.1) is 0 Å². The lowest BCUT2D eigenvalue weighted by molar-refractivity contribution is 1.35. The first-order chi connectivity index (χ1) is 5.00. The van der Waals surface area contributed by atoms with Crippen molar-refractivity contribution in [1.82, 2.24) is 4.98 Å². The van der Waals surface area contributed by atoms with Crippen LogP contribution in [0.15, 0.2) is 18.3 Å². The van der Waals surface area contributed by atoms with Gasteiger partial charge in [0.05, 0.1) is 19.5 Å². The molecule has 0 bridgehead atoms. The second-order valence-corrected chi connectivity index (χ2v) is 6.86. The van der Waals surface area contributed by atoms with Crippen LogP contribution < -0.4 is 10.8 Å². The SMILES string of the molecule is C[P+](C)(N)c1ccc(Cl)nc1. The number of pyridine rings is 1. The molecule has 11 heavy (non-hydrogen) atoms. The number of aromatic nitrogens is 1. The molecule has 0 amide bonds. The first kappa shape index (κ1) is 8.92. The summed E-state index contributed by atoms with van der Waals surface area (Å²) in [5.41, 5.74) is 5.93. The fourth-order valence-electron chi connectivity index (χ4n) is 0.709. The predicted molar refractivity (Wildman–Crippen MR) is 51.8 cm³/mol. The summed E-state index contributed by atoms with van der Waals surface area (Å²) in [4.78, 5) is 3.96. The van der Waals surface area contributed by atoms with Gasteiger partial charge in [0.15, 0.2) is 0 Å². The molecule has 0 aliphatic heterocycles. The normalized spacial score (nSPS) is 11.6. The third-order valence-electron chi connectivity index (χ3n) is 1.38. The van der Waals surface area contributed by atoms with E-state index >= 15 is 0 Å². The Labute approximate surface area is 72.2 Å². The molecule has 0 spiro atoms. The zero-order valence-corrected chi connectivity index (χ0v) is 8.23. The van der Waals surface area contributed by atoms with Gasteiger partial charge in [0.1, 0.15) is 17.9 Å². The molecule has 0 aliphatic carbocycles. The van der Waals surface area contributed by atoms with E-state index in [-0.39, 0.29) is 0 Å². The van der Waals surface area contributed by atoms with Gasteiger partial charge in [-0.05, 0) is 12.1 Å². The Hall–Kier alpha value is -0.170. The summed E-state index contributed by atoms with van der Waals surface area (Å²) < 4.78 is 0. The maximum Gasteiger partial charge on any atom is 0.129 e. The maximum atomic E-state index is 5.93. The number of hydrogen-bond acceptors (Lipinski definition) is 2. The highest BCUT2D eigenvalue weighted by Gasteiger charge is 2.22. The monoisotopic (exact) mass is 189 g/mol. The third-order valence-corrected chi connectivity index (χ3v) is 3.20. The molecule has 1 rings (SSSR count). The van der Waals surface area contributed by atoms with Crippen molar-refractivity contribution in [3.63, 3.8) is 0 Å². The lowest BCUT2D eigenvalue weighted by Crippen LogP contribution is -2.16. The molecule has 1 aromatic heterocycles. The molecule has 60 valence electrons. The molecule has 0 unspecified atom stereocenters. The van der Waals surface area contributed by atoms with Gasteiger partial charge in [-0.1, -0.05) is 11.6 Å². The summed E-state index contributed by atoms with van der Waals surface area (Å²) in [7, 11) is -1.41. The van der Waals surface area contributed by atoms with Crippen molar-refractivity contribution in [2.45, 2.75) is 0 Å². The van der Waals surface area contributed by atoms with Crippen LogP contribution in [0.1, 0.15) is 0 Å². The van der Waals surface area contributed by atoms with E-state index in [0.717, 1.165) is 5.30 Å². The summed E-state index contributed by atoms with van der Waals surface area (Å²) in [5.74, 6) is 0. The predicted octanol–water partition coefficient (Wildman–Crippen LogP) is 1.51. The van der Waals surface area contributed by atoms with Gasteiger partial charge >= 0.3 is 0 Å². The Bertz CT molecular complexity index is 240. The van der Waals surface area contributed by atoms with Crippen molar-refractivity contribution in [1.29, 1.82) is 0 Å². The molecule has 4 heteroatoms. The van der Waals surface area contributed by atoms with Gasteiger partial charge < -0.3 is 0 Å². The van der Waals surface area contributed by atoms with Crippen LogP contribution in [0.25, 0.3) is 0 Å². The summed E-state index contributed by atoms with van der Waals surface area (Å²) >= 11 is 5.62. The number of rotatable bonds is 1. The van der Waals surface area contributed by atoms with Gasteiger partial charge in [0.25, 0.3) is 0 Å². The Kier molecular flexibility index (Phi) is 2.48. The van der Waals surface area contributed by atoms with Crippen LogP contribution in [-0.4, -0.2) is 18.3 Å².